The lowest BCUT2D eigenvalue weighted by molar-refractivity contribution is 0.946. The van der Waals surface area contributed by atoms with Gasteiger partial charge < -0.3 is 5.32 Å². The molecule has 1 N–H and O–H groups in total. The first-order valence-electron chi connectivity index (χ1n) is 5.46. The summed E-state index contributed by atoms with van der Waals surface area (Å²) < 4.78 is 1.67. The van der Waals surface area contributed by atoms with Gasteiger partial charge in [0, 0.05) is 11.9 Å². The van der Waals surface area contributed by atoms with Crippen molar-refractivity contribution in [3.63, 3.8) is 0 Å². The molecule has 2 rings (SSSR count). The molecule has 0 unspecified atom stereocenters. The first-order valence-corrected chi connectivity index (χ1v) is 5.87. The van der Waals surface area contributed by atoms with E-state index in [1.165, 1.54) is 11.1 Å². The molecular formula is C13H15N3S. The minimum atomic E-state index is 0.590. The Morgan fingerprint density at radius 3 is 2.65 bits per heavy atom. The van der Waals surface area contributed by atoms with Gasteiger partial charge in [-0.05, 0) is 55.7 Å². The number of hydrogen-bond acceptors (Lipinski definition) is 2. The second kappa shape index (κ2) is 4.67. The summed E-state index contributed by atoms with van der Waals surface area (Å²) >= 11 is 5.31. The topological polar surface area (TPSA) is 29.9 Å². The number of nitrogens with zero attached hydrogens (tertiary/aromatic N) is 2. The van der Waals surface area contributed by atoms with E-state index in [2.05, 4.69) is 42.5 Å². The second-order valence-corrected chi connectivity index (χ2v) is 4.60. The van der Waals surface area contributed by atoms with Crippen molar-refractivity contribution in [2.75, 3.05) is 5.32 Å². The van der Waals surface area contributed by atoms with Gasteiger partial charge in [-0.2, -0.15) is 5.10 Å². The Labute approximate surface area is 106 Å². The summed E-state index contributed by atoms with van der Waals surface area (Å²) in [6.45, 7) is 6.11. The molecule has 0 aliphatic rings. The zero-order chi connectivity index (χ0) is 12.4. The molecule has 4 heteroatoms. The monoisotopic (exact) mass is 245 g/mol. The maximum absolute atomic E-state index is 5.31. The third-order valence-corrected chi connectivity index (χ3v) is 2.84. The van der Waals surface area contributed by atoms with Crippen LogP contribution in [-0.2, 0) is 0 Å². The average Bonchev–Trinajstić information content (AvgIpc) is 2.70. The molecule has 2 aromatic rings. The van der Waals surface area contributed by atoms with Crippen LogP contribution in [0.15, 0.2) is 30.6 Å². The van der Waals surface area contributed by atoms with Gasteiger partial charge in [0.15, 0.2) is 5.11 Å². The second-order valence-electron chi connectivity index (χ2n) is 4.21. The van der Waals surface area contributed by atoms with E-state index < -0.39 is 0 Å². The van der Waals surface area contributed by atoms with Gasteiger partial charge in [0.25, 0.3) is 0 Å². The normalized spacial score (nSPS) is 10.3. The van der Waals surface area contributed by atoms with Crippen LogP contribution in [0.4, 0.5) is 5.69 Å². The van der Waals surface area contributed by atoms with E-state index >= 15 is 0 Å². The van der Waals surface area contributed by atoms with Crippen molar-refractivity contribution in [1.82, 2.24) is 9.78 Å². The molecule has 0 atom stereocenters. The van der Waals surface area contributed by atoms with Crippen molar-refractivity contribution in [2.45, 2.75) is 20.8 Å². The van der Waals surface area contributed by atoms with Gasteiger partial charge in [-0.25, -0.2) is 4.68 Å². The molecule has 0 saturated heterocycles. The summed E-state index contributed by atoms with van der Waals surface area (Å²) in [5, 5.41) is 7.98. The molecule has 0 aliphatic heterocycles. The number of rotatable bonds is 1. The van der Waals surface area contributed by atoms with Crippen molar-refractivity contribution in [2.24, 2.45) is 0 Å². The Morgan fingerprint density at radius 2 is 2.00 bits per heavy atom. The van der Waals surface area contributed by atoms with Gasteiger partial charge in [0.1, 0.15) is 0 Å². The number of hydrogen-bond donors (Lipinski definition) is 1. The molecule has 17 heavy (non-hydrogen) atoms. The average molecular weight is 245 g/mol. The minimum absolute atomic E-state index is 0.590. The zero-order valence-electron chi connectivity index (χ0n) is 10.2. The van der Waals surface area contributed by atoms with Crippen molar-refractivity contribution in [3.8, 4) is 0 Å². The number of aryl methyl sites for hydroxylation is 3. The fourth-order valence-corrected chi connectivity index (χ4v) is 1.78. The highest BCUT2D eigenvalue weighted by molar-refractivity contribution is 7.80. The summed E-state index contributed by atoms with van der Waals surface area (Å²) in [7, 11) is 0. The van der Waals surface area contributed by atoms with Gasteiger partial charge in [0.2, 0.25) is 0 Å². The van der Waals surface area contributed by atoms with Gasteiger partial charge in [0.05, 0.1) is 6.20 Å². The molecule has 0 radical (unpaired) electrons. The van der Waals surface area contributed by atoms with E-state index in [4.69, 9.17) is 12.2 Å². The van der Waals surface area contributed by atoms with Crippen LogP contribution < -0.4 is 5.32 Å². The predicted octanol–water partition coefficient (Wildman–Crippen LogP) is 3.05. The van der Waals surface area contributed by atoms with Crippen LogP contribution in [0.5, 0.6) is 0 Å². The Balaban J connectivity index is 2.21. The Bertz CT molecular complexity index is 558. The lowest BCUT2D eigenvalue weighted by atomic mass is 10.1. The number of nitrogens with one attached hydrogen (secondary N) is 1. The van der Waals surface area contributed by atoms with Gasteiger partial charge in [-0.15, -0.1) is 0 Å². The van der Waals surface area contributed by atoms with E-state index in [1.807, 2.05) is 13.1 Å². The Kier molecular flexibility index (Phi) is 3.24. The summed E-state index contributed by atoms with van der Waals surface area (Å²) in [6, 6.07) is 6.24. The van der Waals surface area contributed by atoms with Crippen LogP contribution in [0.2, 0.25) is 0 Å². The highest BCUT2D eigenvalue weighted by atomic mass is 32.1. The first kappa shape index (κ1) is 11.8. The van der Waals surface area contributed by atoms with Crippen LogP contribution in [-0.4, -0.2) is 14.9 Å². The van der Waals surface area contributed by atoms with Crippen molar-refractivity contribution >= 4 is 23.0 Å². The van der Waals surface area contributed by atoms with E-state index in [9.17, 15) is 0 Å². The molecule has 1 aromatic heterocycles. The maximum Gasteiger partial charge on any atom is 0.198 e. The number of thiocarbonyl (C=S) groups is 1. The molecular weight excluding hydrogens is 230 g/mol. The molecule has 1 aromatic carbocycles. The van der Waals surface area contributed by atoms with Crippen molar-refractivity contribution < 1.29 is 0 Å². The van der Waals surface area contributed by atoms with Gasteiger partial charge in [-0.1, -0.05) is 12.1 Å². The first-order chi connectivity index (χ1) is 8.06. The molecule has 0 bridgehead atoms. The Morgan fingerprint density at radius 1 is 1.24 bits per heavy atom. The molecule has 0 aliphatic carbocycles. The zero-order valence-corrected chi connectivity index (χ0v) is 11.0. The smallest absolute Gasteiger partial charge is 0.198 e. The highest BCUT2D eigenvalue weighted by Gasteiger charge is 2.04. The number of aromatic nitrogens is 2. The highest BCUT2D eigenvalue weighted by Crippen LogP contribution is 2.16. The fraction of sp³-hybridized carbons (Fsp3) is 0.231. The largest absolute Gasteiger partial charge is 0.331 e. The summed E-state index contributed by atoms with van der Waals surface area (Å²) in [4.78, 5) is 0. The van der Waals surface area contributed by atoms with E-state index in [0.717, 1.165) is 11.3 Å². The van der Waals surface area contributed by atoms with E-state index in [-0.39, 0.29) is 0 Å². The van der Waals surface area contributed by atoms with Crippen molar-refractivity contribution in [1.29, 1.82) is 0 Å². The third-order valence-electron chi connectivity index (χ3n) is 2.55. The van der Waals surface area contributed by atoms with Crippen molar-refractivity contribution in [3.05, 3.63) is 47.3 Å². The number of benzene rings is 1. The minimum Gasteiger partial charge on any atom is -0.331 e. The third kappa shape index (κ3) is 2.71. The van der Waals surface area contributed by atoms with Crippen LogP contribution >= 0.6 is 12.2 Å². The van der Waals surface area contributed by atoms with E-state index in [0.29, 0.717) is 5.11 Å². The van der Waals surface area contributed by atoms with Crippen LogP contribution in [0.3, 0.4) is 0 Å². The van der Waals surface area contributed by atoms with Crippen LogP contribution in [0, 0.1) is 20.8 Å². The van der Waals surface area contributed by atoms with Gasteiger partial charge >= 0.3 is 0 Å². The SMILES string of the molecule is Cc1ccc(C)c(NC(=S)n2cc(C)cn2)c1. The lowest BCUT2D eigenvalue weighted by Crippen LogP contribution is -2.20. The molecule has 1 heterocycles. The molecule has 0 amide bonds. The lowest BCUT2D eigenvalue weighted by Gasteiger charge is -2.11. The van der Waals surface area contributed by atoms with Crippen LogP contribution in [0.1, 0.15) is 16.7 Å². The molecule has 0 fully saturated rings. The predicted molar refractivity (Wildman–Crippen MR) is 74.5 cm³/mol. The molecule has 88 valence electrons. The fourth-order valence-electron chi connectivity index (χ4n) is 1.57. The maximum atomic E-state index is 5.31. The Hall–Kier alpha value is -1.68. The standard InChI is InChI=1S/C13H15N3S/c1-9-4-5-11(3)12(6-9)15-13(17)16-8-10(2)7-14-16/h4-8H,1-3H3,(H,15,17). The molecule has 0 saturated carbocycles. The molecule has 3 nitrogen and oxygen atoms in total. The van der Waals surface area contributed by atoms with Crippen LogP contribution in [0.25, 0.3) is 0 Å². The van der Waals surface area contributed by atoms with E-state index in [1.54, 1.807) is 10.9 Å². The van der Waals surface area contributed by atoms with Gasteiger partial charge in [-0.3, -0.25) is 0 Å². The quantitative estimate of drug-likeness (QED) is 0.783. The molecule has 0 spiro atoms. The number of anilines is 1. The summed E-state index contributed by atoms with van der Waals surface area (Å²) in [5.41, 5.74) is 4.50. The summed E-state index contributed by atoms with van der Waals surface area (Å²) in [6.07, 6.45) is 3.69. The summed E-state index contributed by atoms with van der Waals surface area (Å²) in [5.74, 6) is 0.